The summed E-state index contributed by atoms with van der Waals surface area (Å²) >= 11 is 0. The van der Waals surface area contributed by atoms with Crippen LogP contribution >= 0.6 is 0 Å². The van der Waals surface area contributed by atoms with Crippen molar-refractivity contribution in [3.63, 3.8) is 0 Å². The van der Waals surface area contributed by atoms with Crippen LogP contribution in [0.25, 0.3) is 21.9 Å². The third kappa shape index (κ3) is 3.42. The minimum Gasteiger partial charge on any atom is -0.371 e. The standard InChI is InChI=1S/C23H25N2O3S/c1-4-29(27,28)17-11-12-22(25(3)16-9-10-16)20(13-17)21-14-24(2)23(15-26)19-8-6-5-7-18(19)21/h5-8,11-16H,4,9-10H2,1-3H3/q+1. The molecule has 150 valence electrons. The topological polar surface area (TPSA) is 58.3 Å². The van der Waals surface area contributed by atoms with Crippen LogP contribution in [0.2, 0.25) is 0 Å². The first-order valence-electron chi connectivity index (χ1n) is 9.84. The molecule has 0 bridgehead atoms. The van der Waals surface area contributed by atoms with Gasteiger partial charge in [-0.1, -0.05) is 25.1 Å². The van der Waals surface area contributed by atoms with E-state index in [0.717, 1.165) is 46.7 Å². The predicted octanol–water partition coefficient (Wildman–Crippen LogP) is 3.54. The van der Waals surface area contributed by atoms with Gasteiger partial charge in [0.15, 0.2) is 16.0 Å². The highest BCUT2D eigenvalue weighted by molar-refractivity contribution is 7.91. The molecule has 1 saturated carbocycles. The number of hydrogen-bond acceptors (Lipinski definition) is 4. The highest BCUT2D eigenvalue weighted by Crippen LogP contribution is 2.40. The predicted molar refractivity (Wildman–Crippen MR) is 115 cm³/mol. The maximum atomic E-state index is 12.6. The molecule has 1 aliphatic carbocycles. The molecule has 3 aromatic rings. The van der Waals surface area contributed by atoms with E-state index in [1.165, 1.54) is 0 Å². The molecule has 5 nitrogen and oxygen atoms in total. The second kappa shape index (κ2) is 7.26. The largest absolute Gasteiger partial charge is 0.371 e. The SMILES string of the molecule is CCS(=O)(=O)c1ccc(N(C)C2CC2)c(-c2c[n+](C)c(C=O)c3ccccc23)c1. The average Bonchev–Trinajstić information content (AvgIpc) is 3.57. The van der Waals surface area contributed by atoms with Crippen molar-refractivity contribution in [1.29, 1.82) is 0 Å². The highest BCUT2D eigenvalue weighted by atomic mass is 32.2. The number of benzene rings is 2. The molecule has 1 fully saturated rings. The lowest BCUT2D eigenvalue weighted by Crippen LogP contribution is -2.33. The molecule has 0 atom stereocenters. The Hall–Kier alpha value is -2.73. The molecule has 1 heterocycles. The number of rotatable bonds is 6. The van der Waals surface area contributed by atoms with E-state index in [2.05, 4.69) is 11.9 Å². The fraction of sp³-hybridized carbons (Fsp3) is 0.304. The first kappa shape index (κ1) is 19.6. The summed E-state index contributed by atoms with van der Waals surface area (Å²) in [5.74, 6) is 0.0584. The molecule has 0 radical (unpaired) electrons. The van der Waals surface area contributed by atoms with E-state index >= 15 is 0 Å². The van der Waals surface area contributed by atoms with E-state index in [-0.39, 0.29) is 5.75 Å². The van der Waals surface area contributed by atoms with Crippen LogP contribution in [0.4, 0.5) is 5.69 Å². The number of aromatic nitrogens is 1. The van der Waals surface area contributed by atoms with Crippen LogP contribution in [0.5, 0.6) is 0 Å². The van der Waals surface area contributed by atoms with Gasteiger partial charge in [0.1, 0.15) is 7.05 Å². The molecular formula is C23H25N2O3S+. The zero-order valence-corrected chi connectivity index (χ0v) is 17.7. The summed E-state index contributed by atoms with van der Waals surface area (Å²) in [6.07, 6.45) is 5.07. The Morgan fingerprint density at radius 2 is 1.79 bits per heavy atom. The lowest BCUT2D eigenvalue weighted by atomic mass is 9.97. The number of fused-ring (bicyclic) bond motifs is 1. The van der Waals surface area contributed by atoms with Gasteiger partial charge in [-0.05, 0) is 37.1 Å². The Kier molecular flexibility index (Phi) is 4.90. The number of sulfone groups is 1. The Morgan fingerprint density at radius 1 is 1.10 bits per heavy atom. The second-order valence-corrected chi connectivity index (χ2v) is 9.91. The third-order valence-electron chi connectivity index (χ3n) is 5.78. The van der Waals surface area contributed by atoms with Crippen molar-refractivity contribution in [3.05, 3.63) is 54.4 Å². The van der Waals surface area contributed by atoms with E-state index in [9.17, 15) is 13.2 Å². The van der Waals surface area contributed by atoms with Crippen LogP contribution in [0.15, 0.2) is 53.6 Å². The maximum Gasteiger partial charge on any atom is 0.253 e. The number of nitrogens with zero attached hydrogens (tertiary/aromatic N) is 2. The van der Waals surface area contributed by atoms with E-state index < -0.39 is 9.84 Å². The number of aryl methyl sites for hydroxylation is 1. The van der Waals surface area contributed by atoms with Crippen molar-refractivity contribution in [2.75, 3.05) is 17.7 Å². The number of hydrogen-bond donors (Lipinski definition) is 0. The molecule has 1 aromatic heterocycles. The Balaban J connectivity index is 2.05. The van der Waals surface area contributed by atoms with Crippen molar-refractivity contribution in [1.82, 2.24) is 0 Å². The zero-order chi connectivity index (χ0) is 20.8. The van der Waals surface area contributed by atoms with Gasteiger partial charge in [0.25, 0.3) is 5.69 Å². The Bertz CT molecular complexity index is 1210. The fourth-order valence-electron chi connectivity index (χ4n) is 3.88. The minimum absolute atomic E-state index is 0.0584. The number of carbonyl (C=O) groups is 1. The third-order valence-corrected chi connectivity index (χ3v) is 7.51. The van der Waals surface area contributed by atoms with Crippen LogP contribution in [0, 0.1) is 0 Å². The zero-order valence-electron chi connectivity index (χ0n) is 16.9. The molecule has 0 N–H and O–H groups in total. The number of pyridine rings is 1. The summed E-state index contributed by atoms with van der Waals surface area (Å²) in [5, 5.41) is 1.79. The van der Waals surface area contributed by atoms with E-state index in [1.807, 2.05) is 48.1 Å². The van der Waals surface area contributed by atoms with Crippen LogP contribution in [0.3, 0.4) is 0 Å². The van der Waals surface area contributed by atoms with Gasteiger partial charge in [-0.3, -0.25) is 4.79 Å². The van der Waals surface area contributed by atoms with Crippen molar-refractivity contribution in [3.8, 4) is 11.1 Å². The lowest BCUT2D eigenvalue weighted by Gasteiger charge is -2.23. The molecule has 0 amide bonds. The molecule has 2 aromatic carbocycles. The van der Waals surface area contributed by atoms with E-state index in [4.69, 9.17) is 0 Å². The van der Waals surface area contributed by atoms with Gasteiger partial charge in [0.05, 0.1) is 21.6 Å². The summed E-state index contributed by atoms with van der Waals surface area (Å²) in [7, 11) is 0.572. The molecular weight excluding hydrogens is 384 g/mol. The lowest BCUT2D eigenvalue weighted by molar-refractivity contribution is -0.671. The molecule has 29 heavy (non-hydrogen) atoms. The summed E-state index contributed by atoms with van der Waals surface area (Å²) in [5.41, 5.74) is 3.40. The summed E-state index contributed by atoms with van der Waals surface area (Å²) in [4.78, 5) is 14.2. The van der Waals surface area contributed by atoms with Crippen LogP contribution in [0.1, 0.15) is 30.3 Å². The minimum atomic E-state index is -3.33. The van der Waals surface area contributed by atoms with Gasteiger partial charge in [0.2, 0.25) is 6.29 Å². The van der Waals surface area contributed by atoms with Crippen molar-refractivity contribution in [2.24, 2.45) is 7.05 Å². The van der Waals surface area contributed by atoms with Crippen molar-refractivity contribution >= 4 is 32.6 Å². The highest BCUT2D eigenvalue weighted by Gasteiger charge is 2.29. The summed E-state index contributed by atoms with van der Waals surface area (Å²) in [6.45, 7) is 1.66. The molecule has 6 heteroatoms. The van der Waals surface area contributed by atoms with Crippen LogP contribution in [-0.2, 0) is 16.9 Å². The number of carbonyl (C=O) groups excluding carboxylic acids is 1. The molecule has 0 unspecified atom stereocenters. The van der Waals surface area contributed by atoms with Gasteiger partial charge in [-0.2, -0.15) is 4.57 Å². The Morgan fingerprint density at radius 3 is 2.41 bits per heavy atom. The molecule has 0 aliphatic heterocycles. The summed E-state index contributed by atoms with van der Waals surface area (Å²) < 4.78 is 27.0. The molecule has 0 saturated heterocycles. The monoisotopic (exact) mass is 409 g/mol. The summed E-state index contributed by atoms with van der Waals surface area (Å²) in [6, 6.07) is 13.7. The maximum absolute atomic E-state index is 12.6. The van der Waals surface area contributed by atoms with Crippen molar-refractivity contribution in [2.45, 2.75) is 30.7 Å². The van der Waals surface area contributed by atoms with E-state index in [0.29, 0.717) is 16.6 Å². The van der Waals surface area contributed by atoms with Gasteiger partial charge in [-0.25, -0.2) is 8.42 Å². The smallest absolute Gasteiger partial charge is 0.253 e. The second-order valence-electron chi connectivity index (χ2n) is 7.63. The van der Waals surface area contributed by atoms with Gasteiger partial charge >= 0.3 is 0 Å². The molecule has 4 rings (SSSR count). The van der Waals surface area contributed by atoms with Gasteiger partial charge in [-0.15, -0.1) is 0 Å². The van der Waals surface area contributed by atoms with Gasteiger partial charge < -0.3 is 4.90 Å². The van der Waals surface area contributed by atoms with Gasteiger partial charge in [0, 0.05) is 29.7 Å². The van der Waals surface area contributed by atoms with Crippen LogP contribution < -0.4 is 9.47 Å². The first-order chi connectivity index (χ1) is 13.9. The van der Waals surface area contributed by atoms with E-state index in [1.54, 1.807) is 19.1 Å². The number of aldehydes is 1. The Labute approximate surface area is 171 Å². The quantitative estimate of drug-likeness (QED) is 0.462. The van der Waals surface area contributed by atoms with Crippen LogP contribution in [-0.4, -0.2) is 33.5 Å². The van der Waals surface area contributed by atoms with Crippen molar-refractivity contribution < 1.29 is 17.8 Å². The normalized spacial score (nSPS) is 14.2. The molecule has 0 spiro atoms. The number of anilines is 1. The fourth-order valence-corrected chi connectivity index (χ4v) is 4.79. The first-order valence-corrected chi connectivity index (χ1v) is 11.5. The average molecular weight is 410 g/mol. The molecule has 1 aliphatic rings.